The molecule has 2 N–H and O–H groups in total. The first-order valence-electron chi connectivity index (χ1n) is 7.73. The molecule has 1 aliphatic carbocycles. The van der Waals surface area contributed by atoms with E-state index in [1.54, 1.807) is 6.20 Å². The van der Waals surface area contributed by atoms with Crippen molar-refractivity contribution < 1.29 is 9.53 Å². The number of ether oxygens (including phenoxy) is 1. The van der Waals surface area contributed by atoms with Gasteiger partial charge in [0.25, 0.3) is 0 Å². The highest BCUT2D eigenvalue weighted by Gasteiger charge is 2.51. The fourth-order valence-corrected chi connectivity index (χ4v) is 2.88. The lowest BCUT2D eigenvalue weighted by atomic mass is 9.96. The molecule has 1 aromatic heterocycles. The Morgan fingerprint density at radius 1 is 1.36 bits per heavy atom. The van der Waals surface area contributed by atoms with Crippen LogP contribution >= 0.6 is 0 Å². The van der Waals surface area contributed by atoms with Crippen LogP contribution < -0.4 is 5.73 Å². The second-order valence-corrected chi connectivity index (χ2v) is 7.13. The molecule has 1 fully saturated rings. The predicted molar refractivity (Wildman–Crippen MR) is 86.1 cm³/mol. The number of hydrogen-bond acceptors (Lipinski definition) is 4. The average Bonchev–Trinajstić information content (AvgIpc) is 3.17. The highest BCUT2D eigenvalue weighted by atomic mass is 16.6. The molecule has 1 aliphatic heterocycles. The van der Waals surface area contributed by atoms with Gasteiger partial charge in [0.05, 0.1) is 5.54 Å². The number of nitrogens with two attached hydrogens (primary N) is 1. The summed E-state index contributed by atoms with van der Waals surface area (Å²) in [6.07, 6.45) is 6.62. The zero-order valence-electron chi connectivity index (χ0n) is 13.4. The summed E-state index contributed by atoms with van der Waals surface area (Å²) in [4.78, 5) is 18.4. The Morgan fingerprint density at radius 3 is 2.64 bits per heavy atom. The topological polar surface area (TPSA) is 68.5 Å². The number of hydrogen-bond donors (Lipinski definition) is 1. The molecule has 0 unspecified atom stereocenters. The van der Waals surface area contributed by atoms with Gasteiger partial charge < -0.3 is 10.5 Å². The number of amides is 1. The molecule has 2 heterocycles. The summed E-state index contributed by atoms with van der Waals surface area (Å²) in [5.41, 5.74) is 7.35. The van der Waals surface area contributed by atoms with Crippen molar-refractivity contribution in [2.75, 3.05) is 12.3 Å². The molecule has 1 spiro atoms. The Kier molecular flexibility index (Phi) is 3.38. The fraction of sp³-hybridized carbons (Fsp3) is 0.529. The largest absolute Gasteiger partial charge is 0.444 e. The second kappa shape index (κ2) is 5.00. The third kappa shape index (κ3) is 2.93. The predicted octanol–water partition coefficient (Wildman–Crippen LogP) is 3.22. The van der Waals surface area contributed by atoms with Gasteiger partial charge >= 0.3 is 6.09 Å². The van der Waals surface area contributed by atoms with E-state index in [0.717, 1.165) is 24.8 Å². The molecule has 0 aromatic carbocycles. The number of aromatic nitrogens is 1. The molecule has 1 saturated carbocycles. The van der Waals surface area contributed by atoms with E-state index in [1.807, 2.05) is 37.8 Å². The lowest BCUT2D eigenvalue weighted by molar-refractivity contribution is 0.0171. The van der Waals surface area contributed by atoms with E-state index in [0.29, 0.717) is 12.4 Å². The third-order valence-electron chi connectivity index (χ3n) is 4.12. The zero-order chi connectivity index (χ0) is 16.0. The van der Waals surface area contributed by atoms with Crippen molar-refractivity contribution in [2.45, 2.75) is 51.2 Å². The van der Waals surface area contributed by atoms with Gasteiger partial charge in [0, 0.05) is 12.7 Å². The minimum absolute atomic E-state index is 0.155. The molecule has 1 aromatic rings. The smallest absolute Gasteiger partial charge is 0.411 e. The van der Waals surface area contributed by atoms with E-state index in [4.69, 9.17) is 10.5 Å². The van der Waals surface area contributed by atoms with E-state index in [-0.39, 0.29) is 11.6 Å². The van der Waals surface area contributed by atoms with Crippen molar-refractivity contribution in [2.24, 2.45) is 0 Å². The fourth-order valence-electron chi connectivity index (χ4n) is 2.88. The molecule has 22 heavy (non-hydrogen) atoms. The zero-order valence-corrected chi connectivity index (χ0v) is 13.4. The number of anilines is 1. The number of carbonyl (C=O) groups excluding carboxylic acids is 1. The first-order chi connectivity index (χ1) is 10.3. The van der Waals surface area contributed by atoms with Crippen LogP contribution in [0.3, 0.4) is 0 Å². The van der Waals surface area contributed by atoms with Crippen LogP contribution in [0.25, 0.3) is 5.57 Å². The standard InChI is InChI=1S/C17H23N3O2/c1-16(2,3)22-15(21)20-9-6-12(10-17(20)7-8-17)13-4-5-14(18)19-11-13/h4-5,10-11H,6-9H2,1-3H3,(H2,18,19). The molecule has 5 heteroatoms. The van der Waals surface area contributed by atoms with Gasteiger partial charge in [-0.1, -0.05) is 6.08 Å². The summed E-state index contributed by atoms with van der Waals surface area (Å²) in [7, 11) is 0. The minimum Gasteiger partial charge on any atom is -0.444 e. The number of carbonyl (C=O) groups is 1. The molecular weight excluding hydrogens is 278 g/mol. The summed E-state index contributed by atoms with van der Waals surface area (Å²) >= 11 is 0. The highest BCUT2D eigenvalue weighted by molar-refractivity contribution is 5.76. The lowest BCUT2D eigenvalue weighted by Gasteiger charge is -2.36. The van der Waals surface area contributed by atoms with E-state index >= 15 is 0 Å². The van der Waals surface area contributed by atoms with Crippen molar-refractivity contribution >= 4 is 17.5 Å². The Morgan fingerprint density at radius 2 is 2.09 bits per heavy atom. The van der Waals surface area contributed by atoms with Crippen LogP contribution in [-0.2, 0) is 4.74 Å². The van der Waals surface area contributed by atoms with Crippen LogP contribution in [0.2, 0.25) is 0 Å². The van der Waals surface area contributed by atoms with Gasteiger partial charge in [-0.25, -0.2) is 9.78 Å². The number of nitrogens with zero attached hydrogens (tertiary/aromatic N) is 2. The molecule has 5 nitrogen and oxygen atoms in total. The van der Waals surface area contributed by atoms with Crippen LogP contribution in [0.5, 0.6) is 0 Å². The Balaban J connectivity index is 1.80. The Labute approximate surface area is 131 Å². The maximum absolute atomic E-state index is 12.4. The number of nitrogen functional groups attached to an aromatic ring is 1. The third-order valence-corrected chi connectivity index (χ3v) is 4.12. The Bertz CT molecular complexity index is 610. The number of pyridine rings is 1. The lowest BCUT2D eigenvalue weighted by Crippen LogP contribution is -2.46. The van der Waals surface area contributed by atoms with Gasteiger partial charge in [-0.3, -0.25) is 4.90 Å². The first-order valence-corrected chi connectivity index (χ1v) is 7.73. The van der Waals surface area contributed by atoms with E-state index in [9.17, 15) is 4.79 Å². The molecule has 0 saturated heterocycles. The SMILES string of the molecule is CC(C)(C)OC(=O)N1CCC(c2ccc(N)nc2)=CC12CC2. The van der Waals surface area contributed by atoms with Crippen LogP contribution in [0.4, 0.5) is 10.6 Å². The second-order valence-electron chi connectivity index (χ2n) is 7.13. The van der Waals surface area contributed by atoms with Crippen LogP contribution in [0.15, 0.2) is 24.4 Å². The summed E-state index contributed by atoms with van der Waals surface area (Å²) in [6.45, 7) is 6.38. The summed E-state index contributed by atoms with van der Waals surface area (Å²) in [6, 6.07) is 3.81. The molecule has 0 radical (unpaired) electrons. The van der Waals surface area contributed by atoms with Crippen molar-refractivity contribution in [1.82, 2.24) is 9.88 Å². The normalized spacial score (nSPS) is 19.8. The Hall–Kier alpha value is -2.04. The van der Waals surface area contributed by atoms with Gasteiger partial charge in [-0.05, 0) is 63.3 Å². The molecule has 3 rings (SSSR count). The highest BCUT2D eigenvalue weighted by Crippen LogP contribution is 2.48. The maximum Gasteiger partial charge on any atom is 0.411 e. The van der Waals surface area contributed by atoms with E-state index in [2.05, 4.69) is 11.1 Å². The van der Waals surface area contributed by atoms with Gasteiger partial charge in [0.2, 0.25) is 0 Å². The van der Waals surface area contributed by atoms with Gasteiger partial charge in [0.15, 0.2) is 0 Å². The minimum atomic E-state index is -0.460. The van der Waals surface area contributed by atoms with Crippen LogP contribution in [0.1, 0.15) is 45.6 Å². The van der Waals surface area contributed by atoms with Crippen molar-refractivity contribution in [1.29, 1.82) is 0 Å². The van der Waals surface area contributed by atoms with Crippen molar-refractivity contribution in [3.63, 3.8) is 0 Å². The summed E-state index contributed by atoms with van der Waals surface area (Å²) in [5.74, 6) is 0.525. The van der Waals surface area contributed by atoms with Crippen LogP contribution in [0, 0.1) is 0 Å². The van der Waals surface area contributed by atoms with Crippen LogP contribution in [-0.4, -0.2) is 33.7 Å². The maximum atomic E-state index is 12.4. The molecule has 0 bridgehead atoms. The van der Waals surface area contributed by atoms with Gasteiger partial charge in [0.1, 0.15) is 11.4 Å². The summed E-state index contributed by atoms with van der Waals surface area (Å²) < 4.78 is 5.54. The van der Waals surface area contributed by atoms with Crippen molar-refractivity contribution in [3.05, 3.63) is 30.0 Å². The van der Waals surface area contributed by atoms with E-state index < -0.39 is 5.60 Å². The van der Waals surface area contributed by atoms with Gasteiger partial charge in [-0.15, -0.1) is 0 Å². The molecule has 1 amide bonds. The van der Waals surface area contributed by atoms with Crippen molar-refractivity contribution in [3.8, 4) is 0 Å². The monoisotopic (exact) mass is 301 g/mol. The summed E-state index contributed by atoms with van der Waals surface area (Å²) in [5, 5.41) is 0. The van der Waals surface area contributed by atoms with E-state index in [1.165, 1.54) is 5.57 Å². The number of rotatable bonds is 1. The quantitative estimate of drug-likeness (QED) is 0.864. The molecule has 118 valence electrons. The average molecular weight is 301 g/mol. The molecule has 2 aliphatic rings. The molecular formula is C17H23N3O2. The van der Waals surface area contributed by atoms with Gasteiger partial charge in [-0.2, -0.15) is 0 Å². The molecule has 0 atom stereocenters. The first kappa shape index (κ1) is 14.9.